The molecule has 1 aliphatic heterocycles. The van der Waals surface area contributed by atoms with Crippen LogP contribution in [0, 0.1) is 0 Å². The Hall–Kier alpha value is -2.69. The number of nitrogens with one attached hydrogen (secondary N) is 1. The lowest BCUT2D eigenvalue weighted by Gasteiger charge is -2.17. The van der Waals surface area contributed by atoms with E-state index in [1.807, 2.05) is 36.4 Å². The van der Waals surface area contributed by atoms with E-state index in [0.717, 1.165) is 18.8 Å². The molecule has 3 rings (SSSR count). The van der Waals surface area contributed by atoms with Crippen LogP contribution in [-0.4, -0.2) is 32.7 Å². The number of anilines is 2. The van der Waals surface area contributed by atoms with Gasteiger partial charge in [-0.15, -0.1) is 0 Å². The van der Waals surface area contributed by atoms with E-state index in [1.165, 1.54) is 18.5 Å². The second-order valence-electron chi connectivity index (χ2n) is 5.76. The Kier molecular flexibility index (Phi) is 5.21. The molecule has 126 valence electrons. The van der Waals surface area contributed by atoms with Crippen molar-refractivity contribution in [1.82, 2.24) is 0 Å². The van der Waals surface area contributed by atoms with E-state index >= 15 is 0 Å². The summed E-state index contributed by atoms with van der Waals surface area (Å²) in [7, 11) is 1.59. The van der Waals surface area contributed by atoms with Crippen molar-refractivity contribution in [3.63, 3.8) is 0 Å². The van der Waals surface area contributed by atoms with Gasteiger partial charge in [-0.2, -0.15) is 0 Å². The molecule has 1 amide bonds. The van der Waals surface area contributed by atoms with Crippen LogP contribution in [0.15, 0.2) is 48.5 Å². The second kappa shape index (κ2) is 7.73. The first-order chi connectivity index (χ1) is 11.7. The molecule has 0 atom stereocenters. The molecule has 1 heterocycles. The van der Waals surface area contributed by atoms with Crippen molar-refractivity contribution in [3.05, 3.63) is 48.5 Å². The van der Waals surface area contributed by atoms with Gasteiger partial charge in [-0.05, 0) is 49.2 Å². The summed E-state index contributed by atoms with van der Waals surface area (Å²) in [6, 6.07) is 15.1. The normalized spacial score (nSPS) is 13.6. The van der Waals surface area contributed by atoms with Gasteiger partial charge in [0, 0.05) is 30.5 Å². The van der Waals surface area contributed by atoms with Gasteiger partial charge in [0.05, 0.1) is 7.11 Å². The summed E-state index contributed by atoms with van der Waals surface area (Å²) >= 11 is 0. The summed E-state index contributed by atoms with van der Waals surface area (Å²) in [5.41, 5.74) is 1.98. The fourth-order valence-corrected chi connectivity index (χ4v) is 2.77. The van der Waals surface area contributed by atoms with Crippen LogP contribution in [0.4, 0.5) is 11.4 Å². The maximum atomic E-state index is 12.0. The highest BCUT2D eigenvalue weighted by atomic mass is 16.5. The predicted octanol–water partition coefficient (Wildman–Crippen LogP) is 3.31. The van der Waals surface area contributed by atoms with Crippen LogP contribution in [0.25, 0.3) is 0 Å². The van der Waals surface area contributed by atoms with Crippen LogP contribution in [0.1, 0.15) is 12.8 Å². The van der Waals surface area contributed by atoms with Gasteiger partial charge in [-0.3, -0.25) is 4.79 Å². The smallest absolute Gasteiger partial charge is 0.262 e. The Bertz CT molecular complexity index is 679. The molecular formula is C19H22N2O3. The molecule has 0 saturated carbocycles. The lowest BCUT2D eigenvalue weighted by atomic mass is 10.2. The zero-order valence-electron chi connectivity index (χ0n) is 13.8. The zero-order valence-corrected chi connectivity index (χ0v) is 13.8. The van der Waals surface area contributed by atoms with E-state index in [0.29, 0.717) is 11.5 Å². The van der Waals surface area contributed by atoms with Crippen LogP contribution >= 0.6 is 0 Å². The molecule has 0 unspecified atom stereocenters. The molecule has 1 fully saturated rings. The molecule has 0 bridgehead atoms. The second-order valence-corrected chi connectivity index (χ2v) is 5.76. The van der Waals surface area contributed by atoms with E-state index in [1.54, 1.807) is 19.2 Å². The minimum Gasteiger partial charge on any atom is -0.497 e. The van der Waals surface area contributed by atoms with Crippen LogP contribution < -0.4 is 19.7 Å². The summed E-state index contributed by atoms with van der Waals surface area (Å²) in [6.07, 6.45) is 2.50. The minimum absolute atomic E-state index is 0.0406. The number of hydrogen-bond donors (Lipinski definition) is 1. The van der Waals surface area contributed by atoms with Crippen molar-refractivity contribution in [1.29, 1.82) is 0 Å². The third kappa shape index (κ3) is 4.19. The van der Waals surface area contributed by atoms with Gasteiger partial charge in [0.25, 0.3) is 5.91 Å². The van der Waals surface area contributed by atoms with Gasteiger partial charge in [0.15, 0.2) is 6.61 Å². The number of carbonyl (C=O) groups is 1. The maximum absolute atomic E-state index is 12.0. The third-order valence-corrected chi connectivity index (χ3v) is 4.03. The molecule has 2 aromatic carbocycles. The van der Waals surface area contributed by atoms with Crippen LogP contribution in [0.3, 0.4) is 0 Å². The van der Waals surface area contributed by atoms with Crippen molar-refractivity contribution in [2.24, 2.45) is 0 Å². The van der Waals surface area contributed by atoms with E-state index in [-0.39, 0.29) is 12.5 Å². The molecule has 1 N–H and O–H groups in total. The molecule has 0 spiro atoms. The highest BCUT2D eigenvalue weighted by molar-refractivity contribution is 5.92. The quantitative estimate of drug-likeness (QED) is 0.885. The van der Waals surface area contributed by atoms with Gasteiger partial charge in [0.2, 0.25) is 0 Å². The number of benzene rings is 2. The van der Waals surface area contributed by atoms with Crippen LogP contribution in [0.2, 0.25) is 0 Å². The molecule has 5 heteroatoms. The van der Waals surface area contributed by atoms with Crippen molar-refractivity contribution in [2.75, 3.05) is 37.0 Å². The Morgan fingerprint density at radius 2 is 1.79 bits per heavy atom. The number of amides is 1. The Morgan fingerprint density at radius 3 is 2.50 bits per heavy atom. The summed E-state index contributed by atoms with van der Waals surface area (Å²) in [5.74, 6) is 1.12. The topological polar surface area (TPSA) is 50.8 Å². The van der Waals surface area contributed by atoms with Gasteiger partial charge in [-0.25, -0.2) is 0 Å². The van der Waals surface area contributed by atoms with Gasteiger partial charge in [-0.1, -0.05) is 6.07 Å². The number of methoxy groups -OCH3 is 1. The van der Waals surface area contributed by atoms with E-state index < -0.39 is 0 Å². The zero-order chi connectivity index (χ0) is 16.8. The molecule has 0 aliphatic carbocycles. The van der Waals surface area contributed by atoms with Gasteiger partial charge < -0.3 is 19.7 Å². The fraction of sp³-hybridized carbons (Fsp3) is 0.316. The highest BCUT2D eigenvalue weighted by Gasteiger charge is 2.12. The number of rotatable bonds is 6. The van der Waals surface area contributed by atoms with Gasteiger partial charge >= 0.3 is 0 Å². The maximum Gasteiger partial charge on any atom is 0.262 e. The Labute approximate surface area is 142 Å². The molecule has 5 nitrogen and oxygen atoms in total. The monoisotopic (exact) mass is 326 g/mol. The van der Waals surface area contributed by atoms with Crippen LogP contribution in [-0.2, 0) is 4.79 Å². The average molecular weight is 326 g/mol. The van der Waals surface area contributed by atoms with Crippen molar-refractivity contribution in [3.8, 4) is 11.5 Å². The SMILES string of the molecule is COc1cccc(OCC(=O)Nc2ccc(N3CCCC3)cc2)c1. The Balaban J connectivity index is 1.50. The lowest BCUT2D eigenvalue weighted by molar-refractivity contribution is -0.118. The minimum atomic E-state index is -0.188. The number of ether oxygens (including phenoxy) is 2. The lowest BCUT2D eigenvalue weighted by Crippen LogP contribution is -2.20. The molecule has 0 aromatic heterocycles. The van der Waals surface area contributed by atoms with Gasteiger partial charge in [0.1, 0.15) is 11.5 Å². The molecule has 24 heavy (non-hydrogen) atoms. The first-order valence-corrected chi connectivity index (χ1v) is 8.16. The van der Waals surface area contributed by atoms with Crippen LogP contribution in [0.5, 0.6) is 11.5 Å². The van der Waals surface area contributed by atoms with Crippen molar-refractivity contribution >= 4 is 17.3 Å². The molecule has 1 aliphatic rings. The fourth-order valence-electron chi connectivity index (χ4n) is 2.77. The van der Waals surface area contributed by atoms with E-state index in [9.17, 15) is 4.79 Å². The van der Waals surface area contributed by atoms with E-state index in [2.05, 4.69) is 10.2 Å². The summed E-state index contributed by atoms with van der Waals surface area (Å²) in [5, 5.41) is 2.84. The molecular weight excluding hydrogens is 304 g/mol. The number of nitrogens with zero attached hydrogens (tertiary/aromatic N) is 1. The first-order valence-electron chi connectivity index (χ1n) is 8.16. The largest absolute Gasteiger partial charge is 0.497 e. The molecule has 0 radical (unpaired) electrons. The number of carbonyl (C=O) groups excluding carboxylic acids is 1. The van der Waals surface area contributed by atoms with Crippen molar-refractivity contribution < 1.29 is 14.3 Å². The predicted molar refractivity (Wildman–Crippen MR) is 95.0 cm³/mol. The first kappa shape index (κ1) is 16.2. The Morgan fingerprint density at radius 1 is 1.08 bits per heavy atom. The number of hydrogen-bond acceptors (Lipinski definition) is 4. The highest BCUT2D eigenvalue weighted by Crippen LogP contribution is 2.22. The molecule has 1 saturated heterocycles. The molecule has 2 aromatic rings. The average Bonchev–Trinajstić information content (AvgIpc) is 3.15. The summed E-state index contributed by atoms with van der Waals surface area (Å²) in [4.78, 5) is 14.4. The summed E-state index contributed by atoms with van der Waals surface area (Å²) < 4.78 is 10.6. The third-order valence-electron chi connectivity index (χ3n) is 4.03. The van der Waals surface area contributed by atoms with Crippen molar-refractivity contribution in [2.45, 2.75) is 12.8 Å². The standard InChI is InChI=1S/C19H22N2O3/c1-23-17-5-4-6-18(13-17)24-14-19(22)20-15-7-9-16(10-8-15)21-11-2-3-12-21/h4-10,13H,2-3,11-12,14H2,1H3,(H,20,22). The van der Waals surface area contributed by atoms with E-state index in [4.69, 9.17) is 9.47 Å². The summed E-state index contributed by atoms with van der Waals surface area (Å²) in [6.45, 7) is 2.18.